The monoisotopic (exact) mass is 721 g/mol. The van der Waals surface area contributed by atoms with Gasteiger partial charge in [0.05, 0.1) is 36.9 Å². The van der Waals surface area contributed by atoms with Crippen LogP contribution in [-0.2, 0) is 14.3 Å². The van der Waals surface area contributed by atoms with Crippen molar-refractivity contribution in [2.45, 2.75) is 72.5 Å². The lowest BCUT2D eigenvalue weighted by Gasteiger charge is -2.30. The SMILES string of the molecule is COC(=O)N[C@H](C(=O)N1CC(C)=C[C@H]1c1ncc(-c2ccc3c(c2)Oc2ccc(-c4cnc([C@@H]5CCCN5C(=O)[C@@H](C)C(C)C)[nH]4)cc2O3)[nH]1)C(C)C. The zero-order valence-corrected chi connectivity index (χ0v) is 31.2. The first-order chi connectivity index (χ1) is 25.4. The summed E-state index contributed by atoms with van der Waals surface area (Å²) in [6, 6.07) is 10.2. The van der Waals surface area contributed by atoms with Gasteiger partial charge in [-0.2, -0.15) is 0 Å². The minimum atomic E-state index is -0.745. The Morgan fingerprint density at radius 3 is 2.02 bits per heavy atom. The third-order valence-corrected chi connectivity index (χ3v) is 10.5. The van der Waals surface area contributed by atoms with Crippen molar-refractivity contribution in [1.29, 1.82) is 0 Å². The highest BCUT2D eigenvalue weighted by Gasteiger charge is 2.37. The molecular formula is C40H47N7O6. The number of H-pyrrole nitrogens is 2. The van der Waals surface area contributed by atoms with Crippen LogP contribution in [0.5, 0.6) is 23.0 Å². The molecule has 1 saturated heterocycles. The number of fused-ring (bicyclic) bond motifs is 2. The maximum absolute atomic E-state index is 13.7. The number of ether oxygens (including phenoxy) is 3. The van der Waals surface area contributed by atoms with Gasteiger partial charge in [0.2, 0.25) is 11.8 Å². The van der Waals surface area contributed by atoms with Crippen molar-refractivity contribution in [3.63, 3.8) is 0 Å². The van der Waals surface area contributed by atoms with Gasteiger partial charge in [-0.25, -0.2) is 14.8 Å². The Labute approximate surface area is 309 Å². The van der Waals surface area contributed by atoms with E-state index in [1.165, 1.54) is 7.11 Å². The van der Waals surface area contributed by atoms with Crippen molar-refractivity contribution >= 4 is 17.9 Å². The quantitative estimate of drug-likeness (QED) is 0.132. The molecule has 2 aromatic carbocycles. The normalized spacial score (nSPS) is 18.9. The first kappa shape index (κ1) is 35.8. The summed E-state index contributed by atoms with van der Waals surface area (Å²) in [6.07, 6.45) is 6.75. The summed E-state index contributed by atoms with van der Waals surface area (Å²) in [5.74, 6) is 3.77. The summed E-state index contributed by atoms with van der Waals surface area (Å²) < 4.78 is 17.4. The van der Waals surface area contributed by atoms with Crippen LogP contribution in [0.15, 0.2) is 60.4 Å². The minimum Gasteiger partial charge on any atom is -0.453 e. The van der Waals surface area contributed by atoms with Gasteiger partial charge in [-0.05, 0) is 68.0 Å². The van der Waals surface area contributed by atoms with Gasteiger partial charge in [0, 0.05) is 30.1 Å². The van der Waals surface area contributed by atoms with E-state index in [9.17, 15) is 14.4 Å². The van der Waals surface area contributed by atoms with Crippen LogP contribution in [0.25, 0.3) is 22.5 Å². The number of likely N-dealkylation sites (tertiary alicyclic amines) is 1. The molecule has 3 amide bonds. The molecule has 4 atom stereocenters. The number of amides is 3. The molecule has 0 spiro atoms. The zero-order valence-electron chi connectivity index (χ0n) is 31.2. The Bertz CT molecular complexity index is 2060. The number of aromatic amines is 2. The number of imidazole rings is 2. The van der Waals surface area contributed by atoms with Crippen molar-refractivity contribution in [2.75, 3.05) is 20.2 Å². The number of nitrogens with zero attached hydrogens (tertiary/aromatic N) is 4. The molecule has 4 aromatic rings. The average molecular weight is 722 g/mol. The zero-order chi connectivity index (χ0) is 37.6. The van der Waals surface area contributed by atoms with E-state index in [0.29, 0.717) is 35.4 Å². The number of alkyl carbamates (subject to hydrolysis) is 1. The van der Waals surface area contributed by atoms with Crippen LogP contribution >= 0.6 is 0 Å². The fourth-order valence-corrected chi connectivity index (χ4v) is 7.16. The Kier molecular flexibility index (Phi) is 9.75. The predicted octanol–water partition coefficient (Wildman–Crippen LogP) is 7.53. The van der Waals surface area contributed by atoms with E-state index in [1.54, 1.807) is 11.1 Å². The van der Waals surface area contributed by atoms with Gasteiger partial charge in [0.1, 0.15) is 23.7 Å². The number of rotatable bonds is 9. The molecule has 0 aliphatic carbocycles. The molecule has 53 heavy (non-hydrogen) atoms. The second-order valence-electron chi connectivity index (χ2n) is 14.9. The number of hydrogen-bond donors (Lipinski definition) is 3. The fourth-order valence-electron chi connectivity index (χ4n) is 7.16. The van der Waals surface area contributed by atoms with Crippen LogP contribution in [-0.4, -0.2) is 73.9 Å². The molecule has 2 aromatic heterocycles. The third-order valence-electron chi connectivity index (χ3n) is 10.5. The number of nitrogens with one attached hydrogen (secondary N) is 3. The number of methoxy groups -OCH3 is 1. The molecule has 0 unspecified atom stereocenters. The van der Waals surface area contributed by atoms with Gasteiger partial charge in [-0.15, -0.1) is 0 Å². The van der Waals surface area contributed by atoms with Gasteiger partial charge in [-0.1, -0.05) is 46.3 Å². The second kappa shape index (κ2) is 14.4. The van der Waals surface area contributed by atoms with E-state index in [4.69, 9.17) is 19.2 Å². The van der Waals surface area contributed by atoms with Gasteiger partial charge in [0.25, 0.3) is 0 Å². The van der Waals surface area contributed by atoms with Crippen molar-refractivity contribution in [3.8, 4) is 45.5 Å². The highest BCUT2D eigenvalue weighted by molar-refractivity contribution is 5.87. The largest absolute Gasteiger partial charge is 0.453 e. The van der Waals surface area contributed by atoms with Crippen molar-refractivity contribution in [3.05, 3.63) is 72.1 Å². The van der Waals surface area contributed by atoms with Crippen LogP contribution in [0.1, 0.15) is 78.1 Å². The van der Waals surface area contributed by atoms with Crippen molar-refractivity contribution in [1.82, 2.24) is 35.1 Å². The first-order valence-corrected chi connectivity index (χ1v) is 18.3. The molecule has 278 valence electrons. The lowest BCUT2D eigenvalue weighted by molar-refractivity contribution is -0.137. The molecule has 3 aliphatic rings. The molecule has 0 bridgehead atoms. The molecule has 3 N–H and O–H groups in total. The van der Waals surface area contributed by atoms with Crippen molar-refractivity contribution < 1.29 is 28.6 Å². The summed E-state index contributed by atoms with van der Waals surface area (Å²) in [5, 5.41) is 2.68. The first-order valence-electron chi connectivity index (χ1n) is 18.3. The average Bonchev–Trinajstić information content (AvgIpc) is 3.98. The lowest BCUT2D eigenvalue weighted by Crippen LogP contribution is -2.51. The standard InChI is InChI=1S/C40H47N7O6/c1-21(2)24(6)38(48)46-14-8-9-29(46)36-41-18-27(43-36)25-10-12-31-33(16-25)52-32-13-11-26(17-34(32)53-31)28-19-42-37(44-28)30-15-23(5)20-47(30)39(49)35(22(3)4)45-40(50)51-7/h10-13,15-19,21-22,24,29-30,35H,8-9,14,20H2,1-7H3,(H,41,43)(H,42,44)(H,45,50)/t24-,29-,30-,35-/m0/s1. The van der Waals surface area contributed by atoms with Crippen LogP contribution in [0, 0.1) is 17.8 Å². The molecule has 13 heteroatoms. The maximum Gasteiger partial charge on any atom is 0.407 e. The molecule has 0 saturated carbocycles. The summed E-state index contributed by atoms with van der Waals surface area (Å²) in [5.41, 5.74) is 4.35. The molecule has 1 fully saturated rings. The molecule has 7 rings (SSSR count). The van der Waals surface area contributed by atoms with Crippen LogP contribution < -0.4 is 14.8 Å². The number of aromatic nitrogens is 4. The molecule has 13 nitrogen and oxygen atoms in total. The topological polar surface area (TPSA) is 155 Å². The predicted molar refractivity (Wildman–Crippen MR) is 198 cm³/mol. The Hall–Kier alpha value is -5.59. The van der Waals surface area contributed by atoms with E-state index in [-0.39, 0.29) is 35.6 Å². The van der Waals surface area contributed by atoms with E-state index in [0.717, 1.165) is 53.3 Å². The van der Waals surface area contributed by atoms with E-state index >= 15 is 0 Å². The molecule has 3 aliphatic heterocycles. The number of carbonyl (C=O) groups excluding carboxylic acids is 3. The fraction of sp³-hybridized carbons (Fsp3) is 0.425. The van der Waals surface area contributed by atoms with Gasteiger partial charge >= 0.3 is 6.09 Å². The van der Waals surface area contributed by atoms with Crippen LogP contribution in [0.4, 0.5) is 4.79 Å². The van der Waals surface area contributed by atoms with E-state index in [1.807, 2.05) is 81.3 Å². The minimum absolute atomic E-state index is 0.0394. The van der Waals surface area contributed by atoms with Gasteiger partial charge in [0.15, 0.2) is 23.0 Å². The lowest BCUT2D eigenvalue weighted by atomic mass is 9.96. The number of benzene rings is 2. The summed E-state index contributed by atoms with van der Waals surface area (Å²) >= 11 is 0. The smallest absolute Gasteiger partial charge is 0.407 e. The van der Waals surface area contributed by atoms with Crippen LogP contribution in [0.2, 0.25) is 0 Å². The van der Waals surface area contributed by atoms with Gasteiger partial charge in [-0.3, -0.25) is 9.59 Å². The summed E-state index contributed by atoms with van der Waals surface area (Å²) in [4.78, 5) is 58.8. The number of hydrogen-bond acceptors (Lipinski definition) is 8. The summed E-state index contributed by atoms with van der Waals surface area (Å²) in [6.45, 7) is 13.1. The highest BCUT2D eigenvalue weighted by Crippen LogP contribution is 2.48. The van der Waals surface area contributed by atoms with Gasteiger partial charge < -0.3 is 39.3 Å². The molecule has 5 heterocycles. The maximum atomic E-state index is 13.7. The highest BCUT2D eigenvalue weighted by atomic mass is 16.6. The van der Waals surface area contributed by atoms with E-state index < -0.39 is 18.2 Å². The van der Waals surface area contributed by atoms with Crippen LogP contribution in [0.3, 0.4) is 0 Å². The second-order valence-corrected chi connectivity index (χ2v) is 14.9. The Balaban J connectivity index is 1.06. The Morgan fingerprint density at radius 1 is 0.830 bits per heavy atom. The molecular weight excluding hydrogens is 674 g/mol. The van der Waals surface area contributed by atoms with Crippen molar-refractivity contribution in [2.24, 2.45) is 17.8 Å². The molecule has 0 radical (unpaired) electrons. The third kappa shape index (κ3) is 6.99. The summed E-state index contributed by atoms with van der Waals surface area (Å²) in [7, 11) is 1.28. The van der Waals surface area contributed by atoms with E-state index in [2.05, 4.69) is 34.1 Å². The Morgan fingerprint density at radius 2 is 1.43 bits per heavy atom. The number of carbonyl (C=O) groups is 3.